The second kappa shape index (κ2) is 10.1. The van der Waals surface area contributed by atoms with Gasteiger partial charge in [-0.2, -0.15) is 0 Å². The largest absolute Gasteiger partial charge is 0.493 e. The molecule has 0 radical (unpaired) electrons. The van der Waals surface area contributed by atoms with Gasteiger partial charge >= 0.3 is 5.97 Å². The summed E-state index contributed by atoms with van der Waals surface area (Å²) in [4.78, 5) is 32.5. The van der Waals surface area contributed by atoms with Gasteiger partial charge in [0.2, 0.25) is 0 Å². The van der Waals surface area contributed by atoms with Crippen molar-refractivity contribution in [1.29, 1.82) is 0 Å². The summed E-state index contributed by atoms with van der Waals surface area (Å²) in [7, 11) is 0. The molecule has 10 heteroatoms. The fraction of sp³-hybridized carbons (Fsp3) is 0.217. The van der Waals surface area contributed by atoms with Crippen molar-refractivity contribution < 1.29 is 23.8 Å². The molecule has 2 aromatic carbocycles. The standard InChI is InChI=1S/C23H19Cl2N3O5/c1-2-31-23(30)15-7-8-32-18-10-19(17(24)9-16(15)18)33-14-5-3-13(4-6-14)22(29)28-21-12-26-20(25)11-27-21/h3-6,9-12,15H,2,7-8H2,1H3,(H,27,28,29). The Labute approximate surface area is 199 Å². The molecule has 3 aromatic rings. The van der Waals surface area contributed by atoms with E-state index < -0.39 is 5.92 Å². The Morgan fingerprint density at radius 2 is 1.94 bits per heavy atom. The molecule has 1 aromatic heterocycles. The van der Waals surface area contributed by atoms with Crippen molar-refractivity contribution >= 4 is 40.9 Å². The molecule has 1 unspecified atom stereocenters. The Kier molecular flexibility index (Phi) is 6.96. The van der Waals surface area contributed by atoms with E-state index in [-0.39, 0.29) is 22.8 Å². The minimum absolute atomic E-state index is 0.233. The maximum Gasteiger partial charge on any atom is 0.313 e. The second-order valence-corrected chi connectivity index (χ2v) is 7.86. The van der Waals surface area contributed by atoms with Gasteiger partial charge in [-0.15, -0.1) is 0 Å². The van der Waals surface area contributed by atoms with Crippen molar-refractivity contribution in [1.82, 2.24) is 9.97 Å². The summed E-state index contributed by atoms with van der Waals surface area (Å²) in [5, 5.41) is 3.20. The third-order valence-electron chi connectivity index (χ3n) is 4.88. The van der Waals surface area contributed by atoms with Crippen molar-refractivity contribution in [2.75, 3.05) is 18.5 Å². The average molecular weight is 488 g/mol. The highest BCUT2D eigenvalue weighted by Gasteiger charge is 2.30. The van der Waals surface area contributed by atoms with Crippen LogP contribution in [0.1, 0.15) is 35.2 Å². The predicted molar refractivity (Wildman–Crippen MR) is 122 cm³/mol. The highest BCUT2D eigenvalue weighted by molar-refractivity contribution is 6.32. The molecule has 0 saturated carbocycles. The van der Waals surface area contributed by atoms with E-state index in [1.165, 1.54) is 12.4 Å². The SMILES string of the molecule is CCOC(=O)C1CCOc2cc(Oc3ccc(C(=O)Nc4cnc(Cl)cn4)cc3)c(Cl)cc21. The first-order chi connectivity index (χ1) is 15.9. The van der Waals surface area contributed by atoms with E-state index in [0.717, 1.165) is 0 Å². The fourth-order valence-corrected chi connectivity index (χ4v) is 3.63. The van der Waals surface area contributed by atoms with Crippen LogP contribution in [-0.2, 0) is 9.53 Å². The first-order valence-corrected chi connectivity index (χ1v) is 10.9. The van der Waals surface area contributed by atoms with Crippen molar-refractivity contribution in [3.8, 4) is 17.2 Å². The highest BCUT2D eigenvalue weighted by Crippen LogP contribution is 2.42. The van der Waals surface area contributed by atoms with Crippen LogP contribution in [0.2, 0.25) is 10.2 Å². The number of anilines is 1. The number of ether oxygens (including phenoxy) is 3. The molecule has 1 amide bonds. The Balaban J connectivity index is 1.47. The number of aromatic nitrogens is 2. The molecule has 8 nitrogen and oxygen atoms in total. The summed E-state index contributed by atoms with van der Waals surface area (Å²) >= 11 is 12.1. The molecule has 170 valence electrons. The summed E-state index contributed by atoms with van der Waals surface area (Å²) in [6.07, 6.45) is 3.23. The number of halogens is 2. The van der Waals surface area contributed by atoms with E-state index in [1.807, 2.05) is 0 Å². The number of nitrogens with zero attached hydrogens (tertiary/aromatic N) is 2. The molecule has 0 spiro atoms. The lowest BCUT2D eigenvalue weighted by Gasteiger charge is -2.25. The molecular formula is C23H19Cl2N3O5. The van der Waals surface area contributed by atoms with Gasteiger partial charge in [-0.3, -0.25) is 9.59 Å². The maximum absolute atomic E-state index is 12.4. The van der Waals surface area contributed by atoms with Crippen LogP contribution >= 0.6 is 23.2 Å². The minimum Gasteiger partial charge on any atom is -0.493 e. The zero-order valence-corrected chi connectivity index (χ0v) is 19.0. The normalized spacial score (nSPS) is 14.6. The Morgan fingerprint density at radius 1 is 1.15 bits per heavy atom. The first kappa shape index (κ1) is 22.8. The number of amides is 1. The third kappa shape index (κ3) is 5.35. The molecule has 0 bridgehead atoms. The predicted octanol–water partition coefficient (Wildman–Crippen LogP) is 5.26. The van der Waals surface area contributed by atoms with E-state index in [2.05, 4.69) is 15.3 Å². The van der Waals surface area contributed by atoms with Crippen LogP contribution in [0.5, 0.6) is 17.2 Å². The molecule has 0 aliphatic carbocycles. The van der Waals surface area contributed by atoms with E-state index >= 15 is 0 Å². The quantitative estimate of drug-likeness (QED) is 0.473. The highest BCUT2D eigenvalue weighted by atomic mass is 35.5. The summed E-state index contributed by atoms with van der Waals surface area (Å²) in [6, 6.07) is 9.81. The zero-order chi connectivity index (χ0) is 23.4. The number of carbonyl (C=O) groups is 2. The minimum atomic E-state index is -0.427. The van der Waals surface area contributed by atoms with E-state index in [9.17, 15) is 9.59 Å². The van der Waals surface area contributed by atoms with Crippen LogP contribution in [0, 0.1) is 0 Å². The van der Waals surface area contributed by atoms with Gasteiger partial charge in [0.15, 0.2) is 5.82 Å². The van der Waals surface area contributed by atoms with Crippen LogP contribution in [0.15, 0.2) is 48.8 Å². The van der Waals surface area contributed by atoms with Gasteiger partial charge in [-0.25, -0.2) is 9.97 Å². The maximum atomic E-state index is 12.4. The second-order valence-electron chi connectivity index (χ2n) is 7.07. The molecule has 1 N–H and O–H groups in total. The topological polar surface area (TPSA) is 99.6 Å². The Bertz CT molecular complexity index is 1170. The monoisotopic (exact) mass is 487 g/mol. The summed E-state index contributed by atoms with van der Waals surface area (Å²) in [5.74, 6) is 0.563. The number of hydrogen-bond acceptors (Lipinski definition) is 7. The van der Waals surface area contributed by atoms with Gasteiger partial charge in [0.25, 0.3) is 5.91 Å². The van der Waals surface area contributed by atoms with Crippen LogP contribution < -0.4 is 14.8 Å². The Hall–Kier alpha value is -3.36. The van der Waals surface area contributed by atoms with Crippen molar-refractivity contribution in [2.45, 2.75) is 19.3 Å². The van der Waals surface area contributed by atoms with Crippen LogP contribution in [0.3, 0.4) is 0 Å². The molecule has 2 heterocycles. The molecule has 0 fully saturated rings. The van der Waals surface area contributed by atoms with Gasteiger partial charge in [0, 0.05) is 17.2 Å². The van der Waals surface area contributed by atoms with Crippen LogP contribution in [0.25, 0.3) is 0 Å². The number of carbonyl (C=O) groups excluding carboxylic acids is 2. The lowest BCUT2D eigenvalue weighted by Crippen LogP contribution is -2.23. The summed E-state index contributed by atoms with van der Waals surface area (Å²) < 4.78 is 16.8. The first-order valence-electron chi connectivity index (χ1n) is 10.1. The van der Waals surface area contributed by atoms with Gasteiger partial charge < -0.3 is 19.5 Å². The van der Waals surface area contributed by atoms with Gasteiger partial charge in [0.1, 0.15) is 22.4 Å². The van der Waals surface area contributed by atoms with E-state index in [0.29, 0.717) is 53.0 Å². The van der Waals surface area contributed by atoms with Gasteiger partial charge in [0.05, 0.1) is 36.5 Å². The number of rotatable bonds is 6. The summed E-state index contributed by atoms with van der Waals surface area (Å²) in [6.45, 7) is 2.46. The average Bonchev–Trinajstić information content (AvgIpc) is 2.81. The third-order valence-corrected chi connectivity index (χ3v) is 5.37. The van der Waals surface area contributed by atoms with Gasteiger partial charge in [-0.05, 0) is 43.7 Å². The lowest BCUT2D eigenvalue weighted by atomic mass is 9.93. The molecule has 33 heavy (non-hydrogen) atoms. The molecule has 0 saturated heterocycles. The van der Waals surface area contributed by atoms with Crippen LogP contribution in [-0.4, -0.2) is 35.1 Å². The molecule has 1 atom stereocenters. The molecule has 1 aliphatic heterocycles. The lowest BCUT2D eigenvalue weighted by molar-refractivity contribution is -0.145. The smallest absolute Gasteiger partial charge is 0.313 e. The number of esters is 1. The molecule has 1 aliphatic rings. The fourth-order valence-electron chi connectivity index (χ4n) is 3.32. The van der Waals surface area contributed by atoms with Crippen molar-refractivity contribution in [3.63, 3.8) is 0 Å². The van der Waals surface area contributed by atoms with E-state index in [1.54, 1.807) is 43.3 Å². The van der Waals surface area contributed by atoms with E-state index in [4.69, 9.17) is 37.4 Å². The zero-order valence-electron chi connectivity index (χ0n) is 17.5. The van der Waals surface area contributed by atoms with Crippen molar-refractivity contribution in [3.05, 3.63) is 70.1 Å². The number of benzene rings is 2. The van der Waals surface area contributed by atoms with Crippen molar-refractivity contribution in [2.24, 2.45) is 0 Å². The summed E-state index contributed by atoms with van der Waals surface area (Å²) in [5.41, 5.74) is 1.07. The van der Waals surface area contributed by atoms with Gasteiger partial charge in [-0.1, -0.05) is 23.2 Å². The Morgan fingerprint density at radius 3 is 2.64 bits per heavy atom. The number of hydrogen-bond donors (Lipinski definition) is 1. The molecular weight excluding hydrogens is 469 g/mol. The number of fused-ring (bicyclic) bond motifs is 1. The number of nitrogens with one attached hydrogen (secondary N) is 1. The molecule has 4 rings (SSSR count). The van der Waals surface area contributed by atoms with Crippen LogP contribution in [0.4, 0.5) is 5.82 Å².